The SMILES string of the molecule is COc1cc(C=C2C(=O)NC(=S)N(c3ccc(Br)cc3)C2=O)ccc1OCC#N. The van der Waals surface area contributed by atoms with Crippen molar-refractivity contribution in [2.75, 3.05) is 18.6 Å². The zero-order valence-electron chi connectivity index (χ0n) is 15.1. The van der Waals surface area contributed by atoms with Gasteiger partial charge in [-0.3, -0.25) is 19.8 Å². The van der Waals surface area contributed by atoms with Crippen LogP contribution in [0.25, 0.3) is 6.08 Å². The Bertz CT molecular complexity index is 1060. The van der Waals surface area contributed by atoms with E-state index in [2.05, 4.69) is 21.2 Å². The summed E-state index contributed by atoms with van der Waals surface area (Å²) in [4.78, 5) is 26.7. The standard InChI is InChI=1S/C20H14BrN3O4S/c1-27-17-11-12(2-7-16(17)28-9-8-22)10-15-18(25)23-20(29)24(19(15)26)14-5-3-13(21)4-6-14/h2-7,10-11H,9H2,1H3,(H,23,25,29). The van der Waals surface area contributed by atoms with Gasteiger partial charge in [0, 0.05) is 4.47 Å². The number of methoxy groups -OCH3 is 1. The minimum absolute atomic E-state index is 0.0114. The number of carbonyl (C=O) groups is 2. The number of nitriles is 1. The molecule has 1 heterocycles. The van der Waals surface area contributed by atoms with Crippen LogP contribution in [0.4, 0.5) is 5.69 Å². The number of nitrogens with zero attached hydrogens (tertiary/aromatic N) is 2. The van der Waals surface area contributed by atoms with Gasteiger partial charge in [0.25, 0.3) is 11.8 Å². The molecule has 2 aromatic carbocycles. The van der Waals surface area contributed by atoms with Gasteiger partial charge in [0.1, 0.15) is 11.6 Å². The van der Waals surface area contributed by atoms with E-state index in [1.54, 1.807) is 42.5 Å². The molecule has 1 aliphatic rings. The second-order valence-corrected chi connectivity index (χ2v) is 7.09. The Hall–Kier alpha value is -3.22. The average molecular weight is 472 g/mol. The van der Waals surface area contributed by atoms with Crippen molar-refractivity contribution in [2.45, 2.75) is 0 Å². The first-order valence-corrected chi connectivity index (χ1v) is 9.49. The summed E-state index contributed by atoms with van der Waals surface area (Å²) < 4.78 is 11.4. The van der Waals surface area contributed by atoms with Crippen molar-refractivity contribution < 1.29 is 19.1 Å². The molecule has 0 bridgehead atoms. The molecule has 2 amide bonds. The van der Waals surface area contributed by atoms with Gasteiger partial charge in [-0.1, -0.05) is 22.0 Å². The summed E-state index contributed by atoms with van der Waals surface area (Å²) in [6.07, 6.45) is 1.45. The van der Waals surface area contributed by atoms with Gasteiger partial charge in [0.05, 0.1) is 12.8 Å². The molecule has 9 heteroatoms. The molecule has 1 fully saturated rings. The van der Waals surface area contributed by atoms with E-state index in [0.29, 0.717) is 22.7 Å². The van der Waals surface area contributed by atoms with Crippen LogP contribution in [0.5, 0.6) is 11.5 Å². The Morgan fingerprint density at radius 3 is 2.59 bits per heavy atom. The number of thiocarbonyl (C=S) groups is 1. The molecule has 0 radical (unpaired) electrons. The highest BCUT2D eigenvalue weighted by molar-refractivity contribution is 9.10. The van der Waals surface area contributed by atoms with Gasteiger partial charge >= 0.3 is 0 Å². The molecule has 1 N–H and O–H groups in total. The van der Waals surface area contributed by atoms with Crippen LogP contribution in [0, 0.1) is 11.3 Å². The van der Waals surface area contributed by atoms with E-state index in [1.165, 1.54) is 18.1 Å². The summed E-state index contributed by atoms with van der Waals surface area (Å²) in [5.41, 5.74) is 1.01. The highest BCUT2D eigenvalue weighted by Gasteiger charge is 2.34. The largest absolute Gasteiger partial charge is 0.493 e. The Morgan fingerprint density at radius 2 is 1.93 bits per heavy atom. The van der Waals surface area contributed by atoms with E-state index in [1.807, 2.05) is 6.07 Å². The first kappa shape index (κ1) is 20.5. The van der Waals surface area contributed by atoms with Crippen molar-refractivity contribution in [2.24, 2.45) is 0 Å². The Balaban J connectivity index is 1.96. The molecule has 2 aromatic rings. The van der Waals surface area contributed by atoms with E-state index < -0.39 is 11.8 Å². The van der Waals surface area contributed by atoms with Crippen molar-refractivity contribution >= 4 is 56.8 Å². The monoisotopic (exact) mass is 471 g/mol. The highest BCUT2D eigenvalue weighted by Crippen LogP contribution is 2.30. The first-order chi connectivity index (χ1) is 13.9. The van der Waals surface area contributed by atoms with Gasteiger partial charge in [-0.15, -0.1) is 0 Å². The lowest BCUT2D eigenvalue weighted by atomic mass is 10.1. The Labute approximate surface area is 180 Å². The van der Waals surface area contributed by atoms with E-state index in [0.717, 1.165) is 4.47 Å². The zero-order valence-corrected chi connectivity index (χ0v) is 17.5. The summed E-state index contributed by atoms with van der Waals surface area (Å²) in [6, 6.07) is 13.7. The topological polar surface area (TPSA) is 91.7 Å². The molecular weight excluding hydrogens is 458 g/mol. The van der Waals surface area contributed by atoms with Crippen molar-refractivity contribution in [1.82, 2.24) is 5.32 Å². The molecule has 0 aliphatic carbocycles. The molecule has 0 spiro atoms. The predicted octanol–water partition coefficient (Wildman–Crippen LogP) is 3.19. The van der Waals surface area contributed by atoms with Gasteiger partial charge < -0.3 is 9.47 Å². The van der Waals surface area contributed by atoms with Crippen molar-refractivity contribution in [3.63, 3.8) is 0 Å². The van der Waals surface area contributed by atoms with Crippen LogP contribution in [0.15, 0.2) is 52.5 Å². The molecule has 1 saturated heterocycles. The fourth-order valence-electron chi connectivity index (χ4n) is 2.65. The lowest BCUT2D eigenvalue weighted by molar-refractivity contribution is -0.122. The van der Waals surface area contributed by atoms with Crippen molar-refractivity contribution in [1.29, 1.82) is 5.26 Å². The maximum absolute atomic E-state index is 13.0. The minimum atomic E-state index is -0.586. The van der Waals surface area contributed by atoms with Crippen LogP contribution in [0.2, 0.25) is 0 Å². The lowest BCUT2D eigenvalue weighted by Gasteiger charge is -2.29. The van der Waals surface area contributed by atoms with E-state index in [4.69, 9.17) is 27.0 Å². The molecule has 0 atom stereocenters. The van der Waals surface area contributed by atoms with Crippen molar-refractivity contribution in [3.8, 4) is 17.6 Å². The van der Waals surface area contributed by atoms with Crippen LogP contribution in [0.1, 0.15) is 5.56 Å². The summed E-state index contributed by atoms with van der Waals surface area (Å²) in [5.74, 6) is -0.367. The van der Waals surface area contributed by atoms with Gasteiger partial charge in [-0.25, -0.2) is 0 Å². The van der Waals surface area contributed by atoms with Crippen LogP contribution >= 0.6 is 28.1 Å². The zero-order chi connectivity index (χ0) is 21.0. The summed E-state index contributed by atoms with van der Waals surface area (Å²) in [6.45, 7) is -0.128. The number of nitrogens with one attached hydrogen (secondary N) is 1. The predicted molar refractivity (Wildman–Crippen MR) is 114 cm³/mol. The molecule has 0 unspecified atom stereocenters. The normalized spacial score (nSPS) is 15.1. The second kappa shape index (κ2) is 8.86. The van der Waals surface area contributed by atoms with Crippen LogP contribution < -0.4 is 19.7 Å². The summed E-state index contributed by atoms with van der Waals surface area (Å²) in [5, 5.41) is 11.2. The van der Waals surface area contributed by atoms with Gasteiger partial charge in [0.2, 0.25) is 0 Å². The molecule has 0 aromatic heterocycles. The number of carbonyl (C=O) groups excluding carboxylic acids is 2. The van der Waals surface area contributed by atoms with E-state index in [-0.39, 0.29) is 17.3 Å². The molecular formula is C20H14BrN3O4S. The first-order valence-electron chi connectivity index (χ1n) is 8.29. The maximum atomic E-state index is 13.0. The fourth-order valence-corrected chi connectivity index (χ4v) is 3.20. The molecule has 3 rings (SSSR count). The second-order valence-electron chi connectivity index (χ2n) is 5.79. The molecule has 146 valence electrons. The highest BCUT2D eigenvalue weighted by atomic mass is 79.9. The number of amides is 2. The number of benzene rings is 2. The number of anilines is 1. The number of ether oxygens (including phenoxy) is 2. The fraction of sp³-hybridized carbons (Fsp3) is 0.100. The van der Waals surface area contributed by atoms with E-state index >= 15 is 0 Å². The maximum Gasteiger partial charge on any atom is 0.270 e. The molecule has 7 nitrogen and oxygen atoms in total. The van der Waals surface area contributed by atoms with Gasteiger partial charge in [-0.2, -0.15) is 5.26 Å². The van der Waals surface area contributed by atoms with Crippen LogP contribution in [0.3, 0.4) is 0 Å². The molecule has 0 saturated carbocycles. The third kappa shape index (κ3) is 4.45. The number of hydrogen-bond donors (Lipinski definition) is 1. The summed E-state index contributed by atoms with van der Waals surface area (Å²) >= 11 is 8.53. The van der Waals surface area contributed by atoms with Crippen LogP contribution in [-0.4, -0.2) is 30.6 Å². The van der Waals surface area contributed by atoms with Gasteiger partial charge in [0.15, 0.2) is 23.2 Å². The third-order valence-corrected chi connectivity index (χ3v) is 4.79. The third-order valence-electron chi connectivity index (χ3n) is 3.98. The number of rotatable bonds is 5. The smallest absolute Gasteiger partial charge is 0.270 e. The number of halogens is 1. The Kier molecular flexibility index (Phi) is 6.26. The Morgan fingerprint density at radius 1 is 1.21 bits per heavy atom. The summed E-state index contributed by atoms with van der Waals surface area (Å²) in [7, 11) is 1.46. The van der Waals surface area contributed by atoms with Crippen molar-refractivity contribution in [3.05, 3.63) is 58.1 Å². The number of hydrogen-bond acceptors (Lipinski definition) is 6. The lowest BCUT2D eigenvalue weighted by Crippen LogP contribution is -2.54. The molecule has 1 aliphatic heterocycles. The van der Waals surface area contributed by atoms with Crippen LogP contribution in [-0.2, 0) is 9.59 Å². The molecule has 29 heavy (non-hydrogen) atoms. The van der Waals surface area contributed by atoms with E-state index in [9.17, 15) is 9.59 Å². The minimum Gasteiger partial charge on any atom is -0.493 e. The van der Waals surface area contributed by atoms with Gasteiger partial charge in [-0.05, 0) is 60.3 Å². The average Bonchev–Trinajstić information content (AvgIpc) is 2.71. The quantitative estimate of drug-likeness (QED) is 0.409.